The minimum atomic E-state index is 0.0900. The molecule has 0 amide bonds. The quantitative estimate of drug-likeness (QED) is 0.284. The zero-order valence-corrected chi connectivity index (χ0v) is 23.7. The highest BCUT2D eigenvalue weighted by atomic mass is 16.5. The third kappa shape index (κ3) is 9.06. The molecule has 2 aromatic heterocycles. The van der Waals surface area contributed by atoms with Gasteiger partial charge in [-0.3, -0.25) is 0 Å². The largest absolute Gasteiger partial charge is 0.479 e. The molecule has 6 heteroatoms. The number of allylic oxidation sites excluding steroid dienone is 1. The highest BCUT2D eigenvalue weighted by Gasteiger charge is 2.21. The van der Waals surface area contributed by atoms with E-state index in [1.165, 1.54) is 5.56 Å². The summed E-state index contributed by atoms with van der Waals surface area (Å²) in [7, 11) is 1.62. The molecule has 2 heterocycles. The molecule has 0 fully saturated rings. The number of ether oxygens (including phenoxy) is 1. The maximum atomic E-state index is 5.55. The van der Waals surface area contributed by atoms with Crippen LogP contribution in [0.3, 0.4) is 0 Å². The molecule has 0 aliphatic heterocycles. The van der Waals surface area contributed by atoms with Crippen molar-refractivity contribution in [3.8, 4) is 17.1 Å². The zero-order valence-electron chi connectivity index (χ0n) is 23.7. The summed E-state index contributed by atoms with van der Waals surface area (Å²) in [6, 6.07) is 8.43. The Balaban J connectivity index is 0.00000154. The standard InChI is InChI=1S/C26H32N4O2.2C2H6/c1-7-11-22-21(8-2)27-24(25(28-22)31-6)20-14-9-12-19(16-20)13-10-15-26(4,5)17-23-30-29-18(3)32-23;2*1-2/h7-9,11-12,14,16H,2,10,13,15,17H2,1,3-6H3;2*1-2H3/b11-7-;;. The van der Waals surface area contributed by atoms with Gasteiger partial charge in [-0.15, -0.1) is 10.2 Å². The van der Waals surface area contributed by atoms with E-state index in [0.29, 0.717) is 17.7 Å². The summed E-state index contributed by atoms with van der Waals surface area (Å²) >= 11 is 0. The van der Waals surface area contributed by atoms with Gasteiger partial charge >= 0.3 is 0 Å². The Morgan fingerprint density at radius 2 is 1.78 bits per heavy atom. The highest BCUT2D eigenvalue weighted by Crippen LogP contribution is 2.31. The fourth-order valence-electron chi connectivity index (χ4n) is 3.76. The summed E-state index contributed by atoms with van der Waals surface area (Å²) in [6.07, 6.45) is 9.43. The van der Waals surface area contributed by atoms with Crippen molar-refractivity contribution in [2.45, 2.75) is 81.1 Å². The van der Waals surface area contributed by atoms with Gasteiger partial charge in [0, 0.05) is 18.9 Å². The summed E-state index contributed by atoms with van der Waals surface area (Å²) in [5.41, 5.74) is 4.55. The number of hydrogen-bond donors (Lipinski definition) is 0. The molecule has 0 saturated heterocycles. The van der Waals surface area contributed by atoms with Gasteiger partial charge in [-0.1, -0.05) is 72.4 Å². The van der Waals surface area contributed by atoms with Crippen LogP contribution in [0.25, 0.3) is 23.4 Å². The van der Waals surface area contributed by atoms with Crippen LogP contribution in [0, 0.1) is 12.3 Å². The van der Waals surface area contributed by atoms with E-state index in [2.05, 4.69) is 53.8 Å². The number of hydrogen-bond acceptors (Lipinski definition) is 6. The lowest BCUT2D eigenvalue weighted by molar-refractivity contribution is 0.289. The Kier molecular flexibility index (Phi) is 13.4. The normalized spacial score (nSPS) is 10.8. The van der Waals surface area contributed by atoms with Crippen molar-refractivity contribution < 1.29 is 9.15 Å². The van der Waals surface area contributed by atoms with Gasteiger partial charge in [-0.2, -0.15) is 0 Å². The molecule has 0 atom stereocenters. The Bertz CT molecular complexity index is 1100. The molecule has 0 radical (unpaired) electrons. The SMILES string of the molecule is C=Cc1nc(-c2cccc(CCCC(C)(C)Cc3nnc(C)o3)c2)c(OC)nc1/C=C\C.CC.CC. The van der Waals surface area contributed by atoms with Crippen LogP contribution in [0.2, 0.25) is 0 Å². The van der Waals surface area contributed by atoms with E-state index in [9.17, 15) is 0 Å². The Hall–Kier alpha value is -3.28. The molecule has 36 heavy (non-hydrogen) atoms. The number of nitrogens with zero attached hydrogens (tertiary/aromatic N) is 4. The fraction of sp³-hybridized carbons (Fsp3) is 0.467. The summed E-state index contributed by atoms with van der Waals surface area (Å²) < 4.78 is 11.1. The lowest BCUT2D eigenvalue weighted by Crippen LogP contribution is -2.15. The average molecular weight is 493 g/mol. The lowest BCUT2D eigenvalue weighted by Gasteiger charge is -2.22. The van der Waals surface area contributed by atoms with Crippen molar-refractivity contribution in [2.24, 2.45) is 5.41 Å². The van der Waals surface area contributed by atoms with Crippen molar-refractivity contribution >= 4 is 12.2 Å². The van der Waals surface area contributed by atoms with Gasteiger partial charge in [0.2, 0.25) is 17.7 Å². The van der Waals surface area contributed by atoms with Gasteiger partial charge in [-0.05, 0) is 55.4 Å². The number of aryl methyl sites for hydroxylation is 2. The second-order valence-electron chi connectivity index (χ2n) is 8.67. The monoisotopic (exact) mass is 492 g/mol. The van der Waals surface area contributed by atoms with Gasteiger partial charge in [0.15, 0.2) is 0 Å². The van der Waals surface area contributed by atoms with Gasteiger partial charge in [-0.25, -0.2) is 9.97 Å². The summed E-state index contributed by atoms with van der Waals surface area (Å²) in [6.45, 7) is 20.1. The van der Waals surface area contributed by atoms with Crippen LogP contribution >= 0.6 is 0 Å². The van der Waals surface area contributed by atoms with E-state index in [1.807, 2.05) is 59.8 Å². The molecule has 0 unspecified atom stereocenters. The van der Waals surface area contributed by atoms with Crippen molar-refractivity contribution in [3.05, 3.63) is 65.7 Å². The van der Waals surface area contributed by atoms with Crippen molar-refractivity contribution in [3.63, 3.8) is 0 Å². The van der Waals surface area contributed by atoms with Crippen LogP contribution in [0.15, 0.2) is 41.3 Å². The first-order chi connectivity index (χ1) is 17.3. The molecule has 0 N–H and O–H groups in total. The molecule has 0 aliphatic carbocycles. The summed E-state index contributed by atoms with van der Waals surface area (Å²) in [5.74, 6) is 1.83. The third-order valence-electron chi connectivity index (χ3n) is 5.35. The second kappa shape index (κ2) is 15.7. The van der Waals surface area contributed by atoms with Crippen molar-refractivity contribution in [1.82, 2.24) is 20.2 Å². The third-order valence-corrected chi connectivity index (χ3v) is 5.35. The molecular weight excluding hydrogens is 448 g/mol. The van der Waals surface area contributed by atoms with Gasteiger partial charge < -0.3 is 9.15 Å². The first-order valence-electron chi connectivity index (χ1n) is 12.9. The topological polar surface area (TPSA) is 73.9 Å². The van der Waals surface area contributed by atoms with Crippen LogP contribution in [0.4, 0.5) is 0 Å². The Labute approximate surface area is 218 Å². The molecular formula is C30H44N4O2. The lowest BCUT2D eigenvalue weighted by atomic mass is 9.83. The second-order valence-corrected chi connectivity index (χ2v) is 8.67. The smallest absolute Gasteiger partial charge is 0.240 e. The van der Waals surface area contributed by atoms with E-state index in [0.717, 1.165) is 48.3 Å². The minimum absolute atomic E-state index is 0.0900. The number of benzene rings is 1. The predicted octanol–water partition coefficient (Wildman–Crippen LogP) is 8.16. The van der Waals surface area contributed by atoms with E-state index in [4.69, 9.17) is 14.1 Å². The Morgan fingerprint density at radius 1 is 1.06 bits per heavy atom. The number of rotatable bonds is 10. The van der Waals surface area contributed by atoms with Crippen molar-refractivity contribution in [2.75, 3.05) is 7.11 Å². The molecule has 1 aromatic carbocycles. The van der Waals surface area contributed by atoms with E-state index >= 15 is 0 Å². The summed E-state index contributed by atoms with van der Waals surface area (Å²) in [4.78, 5) is 9.41. The number of aromatic nitrogens is 4. The maximum Gasteiger partial charge on any atom is 0.240 e. The average Bonchev–Trinajstić information content (AvgIpc) is 3.29. The van der Waals surface area contributed by atoms with Crippen molar-refractivity contribution in [1.29, 1.82) is 0 Å². The minimum Gasteiger partial charge on any atom is -0.479 e. The van der Waals surface area contributed by atoms with E-state index in [1.54, 1.807) is 13.2 Å². The molecule has 6 nitrogen and oxygen atoms in total. The van der Waals surface area contributed by atoms with E-state index in [-0.39, 0.29) is 5.41 Å². The first-order valence-corrected chi connectivity index (χ1v) is 12.9. The maximum absolute atomic E-state index is 5.55. The summed E-state index contributed by atoms with van der Waals surface area (Å²) in [5, 5.41) is 8.07. The Morgan fingerprint density at radius 3 is 2.36 bits per heavy atom. The van der Waals surface area contributed by atoms with Crippen LogP contribution in [-0.4, -0.2) is 27.3 Å². The molecule has 0 bridgehead atoms. The number of methoxy groups -OCH3 is 1. The zero-order chi connectivity index (χ0) is 27.1. The molecule has 0 saturated carbocycles. The van der Waals surface area contributed by atoms with E-state index < -0.39 is 0 Å². The fourth-order valence-corrected chi connectivity index (χ4v) is 3.76. The van der Waals surface area contributed by atoms with Gasteiger partial charge in [0.1, 0.15) is 5.69 Å². The van der Waals surface area contributed by atoms with Crippen LogP contribution in [0.1, 0.15) is 90.0 Å². The molecule has 3 rings (SSSR count). The predicted molar refractivity (Wildman–Crippen MR) is 151 cm³/mol. The van der Waals surface area contributed by atoms with Gasteiger partial charge in [0.05, 0.1) is 18.5 Å². The first kappa shape index (κ1) is 30.8. The van der Waals surface area contributed by atoms with Gasteiger partial charge in [0.25, 0.3) is 0 Å². The molecule has 3 aromatic rings. The molecule has 196 valence electrons. The molecule has 0 aliphatic rings. The van der Waals surface area contributed by atoms with Crippen LogP contribution < -0.4 is 4.74 Å². The molecule has 0 spiro atoms. The highest BCUT2D eigenvalue weighted by molar-refractivity contribution is 5.69. The van der Waals surface area contributed by atoms with Crippen LogP contribution in [0.5, 0.6) is 5.88 Å². The van der Waals surface area contributed by atoms with Crippen LogP contribution in [-0.2, 0) is 12.8 Å².